The third-order valence-electron chi connectivity index (χ3n) is 3.11. The Labute approximate surface area is 154 Å². The van der Waals surface area contributed by atoms with Crippen LogP contribution < -0.4 is 10.6 Å². The van der Waals surface area contributed by atoms with E-state index in [1.54, 1.807) is 30.3 Å². The fourth-order valence-corrected chi connectivity index (χ4v) is 2.04. The van der Waals surface area contributed by atoms with E-state index in [-0.39, 0.29) is 12.0 Å². The van der Waals surface area contributed by atoms with Crippen molar-refractivity contribution in [3.63, 3.8) is 0 Å². The minimum atomic E-state index is -0.675. The smallest absolute Gasteiger partial charge is 0.338 e. The topological polar surface area (TPSA) is 108 Å². The molecule has 2 rings (SSSR count). The molecule has 0 heterocycles. The maximum atomic E-state index is 11.9. The summed E-state index contributed by atoms with van der Waals surface area (Å²) in [4.78, 5) is 35.0. The largest absolute Gasteiger partial charge is 0.452 e. The average Bonchev–Trinajstić information content (AvgIpc) is 2.62. The number of hydrogen-bond acceptors (Lipinski definition) is 5. The number of rotatable bonds is 6. The molecule has 0 saturated carbocycles. The number of benzene rings is 2. The standard InChI is InChI=1S/C18H14ClN3O4/c19-13-3-7-15(8-4-13)22-17(24)11-26-18(25)12-1-5-14(6-2-12)21-16(23)9-10-20/h1-8H,9,11H2,(H,21,23)(H,22,24). The average molecular weight is 372 g/mol. The monoisotopic (exact) mass is 371 g/mol. The molecule has 26 heavy (non-hydrogen) atoms. The fourth-order valence-electron chi connectivity index (χ4n) is 1.91. The van der Waals surface area contributed by atoms with Crippen LogP contribution in [0.25, 0.3) is 0 Å². The van der Waals surface area contributed by atoms with Gasteiger partial charge in [0, 0.05) is 16.4 Å². The minimum Gasteiger partial charge on any atom is -0.452 e. The summed E-state index contributed by atoms with van der Waals surface area (Å²) in [6.45, 7) is -0.442. The van der Waals surface area contributed by atoms with Crippen LogP contribution in [0.2, 0.25) is 5.02 Å². The molecular formula is C18H14ClN3O4. The number of nitrogens with zero attached hydrogens (tertiary/aromatic N) is 1. The van der Waals surface area contributed by atoms with Gasteiger partial charge in [-0.05, 0) is 48.5 Å². The quantitative estimate of drug-likeness (QED) is 0.759. The fraction of sp³-hybridized carbons (Fsp3) is 0.111. The third-order valence-corrected chi connectivity index (χ3v) is 3.36. The highest BCUT2D eigenvalue weighted by Crippen LogP contribution is 2.14. The predicted molar refractivity (Wildman–Crippen MR) is 95.7 cm³/mol. The second-order valence-corrected chi connectivity index (χ2v) is 5.53. The molecule has 7 nitrogen and oxygen atoms in total. The molecule has 0 unspecified atom stereocenters. The van der Waals surface area contributed by atoms with Crippen molar-refractivity contribution < 1.29 is 19.1 Å². The predicted octanol–water partition coefficient (Wildman–Crippen LogP) is 2.99. The molecule has 0 fully saturated rings. The highest BCUT2D eigenvalue weighted by atomic mass is 35.5. The molecule has 2 amide bonds. The number of amides is 2. The van der Waals surface area contributed by atoms with Gasteiger partial charge >= 0.3 is 5.97 Å². The molecule has 8 heteroatoms. The lowest BCUT2D eigenvalue weighted by Crippen LogP contribution is -2.20. The first-order chi connectivity index (χ1) is 12.5. The van der Waals surface area contributed by atoms with E-state index in [0.717, 1.165) is 0 Å². The second kappa shape index (κ2) is 9.20. The maximum absolute atomic E-state index is 11.9. The third kappa shape index (κ3) is 5.92. The van der Waals surface area contributed by atoms with Gasteiger partial charge in [-0.3, -0.25) is 9.59 Å². The number of halogens is 1. The van der Waals surface area contributed by atoms with E-state index in [2.05, 4.69) is 10.6 Å². The zero-order valence-corrected chi connectivity index (χ0v) is 14.2. The Bertz CT molecular complexity index is 842. The van der Waals surface area contributed by atoms with E-state index >= 15 is 0 Å². The van der Waals surface area contributed by atoms with Crippen LogP contribution in [0.4, 0.5) is 11.4 Å². The zero-order valence-electron chi connectivity index (χ0n) is 13.5. The molecule has 0 aliphatic heterocycles. The van der Waals surface area contributed by atoms with E-state index in [0.29, 0.717) is 16.4 Å². The van der Waals surface area contributed by atoms with Gasteiger partial charge in [0.2, 0.25) is 5.91 Å². The van der Waals surface area contributed by atoms with Crippen LogP contribution in [-0.4, -0.2) is 24.4 Å². The van der Waals surface area contributed by atoms with Crippen LogP contribution in [0, 0.1) is 11.3 Å². The minimum absolute atomic E-state index is 0.225. The SMILES string of the molecule is N#CCC(=O)Nc1ccc(C(=O)OCC(=O)Nc2ccc(Cl)cc2)cc1. The summed E-state index contributed by atoms with van der Waals surface area (Å²) in [6, 6.07) is 14.1. The molecule has 0 aromatic heterocycles. The van der Waals surface area contributed by atoms with Crippen molar-refractivity contribution in [3.05, 3.63) is 59.1 Å². The van der Waals surface area contributed by atoms with Crippen molar-refractivity contribution >= 4 is 40.8 Å². The van der Waals surface area contributed by atoms with Gasteiger partial charge in [0.1, 0.15) is 6.42 Å². The highest BCUT2D eigenvalue weighted by Gasteiger charge is 2.11. The maximum Gasteiger partial charge on any atom is 0.338 e. The van der Waals surface area contributed by atoms with Gasteiger partial charge < -0.3 is 15.4 Å². The van der Waals surface area contributed by atoms with Gasteiger partial charge in [-0.25, -0.2) is 4.79 Å². The Balaban J connectivity index is 1.83. The number of carbonyl (C=O) groups is 3. The molecule has 2 aromatic carbocycles. The van der Waals surface area contributed by atoms with E-state index in [1.807, 2.05) is 0 Å². The number of nitrogens with one attached hydrogen (secondary N) is 2. The Kier molecular flexibility index (Phi) is 6.71. The summed E-state index contributed by atoms with van der Waals surface area (Å²) >= 11 is 5.75. The van der Waals surface area contributed by atoms with E-state index in [1.165, 1.54) is 24.3 Å². The molecular weight excluding hydrogens is 358 g/mol. The first-order valence-corrected chi connectivity index (χ1v) is 7.85. The van der Waals surface area contributed by atoms with E-state index in [4.69, 9.17) is 21.6 Å². The summed E-state index contributed by atoms with van der Waals surface area (Å²) in [5.74, 6) is -1.60. The Morgan fingerprint density at radius 2 is 1.46 bits per heavy atom. The van der Waals surface area contributed by atoms with Crippen LogP contribution in [-0.2, 0) is 14.3 Å². The van der Waals surface area contributed by atoms with Gasteiger partial charge in [-0.15, -0.1) is 0 Å². The van der Waals surface area contributed by atoms with Crippen LogP contribution in [0.5, 0.6) is 0 Å². The Morgan fingerprint density at radius 3 is 2.04 bits per heavy atom. The summed E-state index contributed by atoms with van der Waals surface area (Å²) in [5.41, 5.74) is 1.21. The molecule has 2 aromatic rings. The van der Waals surface area contributed by atoms with Crippen molar-refractivity contribution in [2.45, 2.75) is 6.42 Å². The van der Waals surface area contributed by atoms with Gasteiger partial charge in [0.05, 0.1) is 11.6 Å². The normalized spacial score (nSPS) is 9.69. The van der Waals surface area contributed by atoms with Crippen molar-refractivity contribution in [1.82, 2.24) is 0 Å². The highest BCUT2D eigenvalue weighted by molar-refractivity contribution is 6.30. The first-order valence-electron chi connectivity index (χ1n) is 7.47. The van der Waals surface area contributed by atoms with Crippen molar-refractivity contribution in [2.24, 2.45) is 0 Å². The van der Waals surface area contributed by atoms with E-state index in [9.17, 15) is 14.4 Å². The van der Waals surface area contributed by atoms with Gasteiger partial charge in [0.25, 0.3) is 5.91 Å². The van der Waals surface area contributed by atoms with Crippen LogP contribution in [0.3, 0.4) is 0 Å². The summed E-state index contributed by atoms with van der Waals surface area (Å²) in [5, 5.41) is 14.0. The number of hydrogen-bond donors (Lipinski definition) is 2. The zero-order chi connectivity index (χ0) is 18.9. The van der Waals surface area contributed by atoms with Crippen molar-refractivity contribution in [2.75, 3.05) is 17.2 Å². The number of esters is 1. The van der Waals surface area contributed by atoms with E-state index < -0.39 is 24.4 Å². The number of nitriles is 1. The lowest BCUT2D eigenvalue weighted by atomic mass is 10.2. The molecule has 0 atom stereocenters. The number of ether oxygens (including phenoxy) is 1. The Morgan fingerprint density at radius 1 is 0.923 bits per heavy atom. The van der Waals surface area contributed by atoms with Gasteiger partial charge in [-0.1, -0.05) is 11.6 Å². The molecule has 0 aliphatic rings. The molecule has 0 bridgehead atoms. The van der Waals surface area contributed by atoms with Gasteiger partial charge in [-0.2, -0.15) is 5.26 Å². The van der Waals surface area contributed by atoms with Crippen LogP contribution >= 0.6 is 11.6 Å². The second-order valence-electron chi connectivity index (χ2n) is 5.09. The first kappa shape index (κ1) is 19.0. The van der Waals surface area contributed by atoms with Crippen LogP contribution in [0.15, 0.2) is 48.5 Å². The van der Waals surface area contributed by atoms with Crippen LogP contribution in [0.1, 0.15) is 16.8 Å². The van der Waals surface area contributed by atoms with Crippen molar-refractivity contribution in [1.29, 1.82) is 5.26 Å². The molecule has 132 valence electrons. The lowest BCUT2D eigenvalue weighted by molar-refractivity contribution is -0.119. The summed E-state index contributed by atoms with van der Waals surface area (Å²) < 4.78 is 4.94. The molecule has 0 saturated heterocycles. The Hall–Kier alpha value is -3.37. The lowest BCUT2D eigenvalue weighted by Gasteiger charge is -2.07. The molecule has 2 N–H and O–H groups in total. The number of anilines is 2. The summed E-state index contributed by atoms with van der Waals surface area (Å²) in [6.07, 6.45) is -0.257. The number of carbonyl (C=O) groups excluding carboxylic acids is 3. The molecule has 0 spiro atoms. The summed E-state index contributed by atoms with van der Waals surface area (Å²) in [7, 11) is 0. The van der Waals surface area contributed by atoms with Crippen molar-refractivity contribution in [3.8, 4) is 6.07 Å². The molecule has 0 radical (unpaired) electrons. The molecule has 0 aliphatic carbocycles. The van der Waals surface area contributed by atoms with Gasteiger partial charge in [0.15, 0.2) is 6.61 Å².